The summed E-state index contributed by atoms with van der Waals surface area (Å²) < 4.78 is 10.2. The second-order valence-electron chi connectivity index (χ2n) is 3.75. The first-order chi connectivity index (χ1) is 9.15. The summed E-state index contributed by atoms with van der Waals surface area (Å²) in [4.78, 5) is 12.1. The van der Waals surface area contributed by atoms with E-state index in [1.165, 1.54) is 12.5 Å². The molecule has 0 unspecified atom stereocenters. The van der Waals surface area contributed by atoms with Gasteiger partial charge in [-0.2, -0.15) is 0 Å². The van der Waals surface area contributed by atoms with Gasteiger partial charge in [0.1, 0.15) is 23.6 Å². The van der Waals surface area contributed by atoms with Gasteiger partial charge in [0.25, 0.3) is 5.91 Å². The van der Waals surface area contributed by atoms with Crippen LogP contribution in [0.3, 0.4) is 0 Å². The van der Waals surface area contributed by atoms with E-state index in [4.69, 9.17) is 27.1 Å². The molecule has 0 aliphatic heterocycles. The summed E-state index contributed by atoms with van der Waals surface area (Å²) in [5.41, 5.74) is 6.42. The molecule has 1 heterocycles. The van der Waals surface area contributed by atoms with Gasteiger partial charge < -0.3 is 20.2 Å². The van der Waals surface area contributed by atoms with E-state index in [1.54, 1.807) is 30.3 Å². The molecule has 3 N–H and O–H groups in total. The SMILES string of the molecule is NC(=S)COc1cccc(NC(=O)c2ccoc2)c1. The molecular formula is C13H12N2O3S. The standard InChI is InChI=1S/C13H12N2O3S/c14-12(19)8-18-11-3-1-2-10(6-11)15-13(16)9-4-5-17-7-9/h1-7H,8H2,(H2,14,19)(H,15,16). The lowest BCUT2D eigenvalue weighted by Gasteiger charge is -2.08. The summed E-state index contributed by atoms with van der Waals surface area (Å²) in [6.07, 6.45) is 2.82. The molecule has 0 atom stereocenters. The fourth-order valence-electron chi connectivity index (χ4n) is 1.42. The van der Waals surface area contributed by atoms with Crippen molar-refractivity contribution in [2.24, 2.45) is 5.73 Å². The Morgan fingerprint density at radius 1 is 1.42 bits per heavy atom. The van der Waals surface area contributed by atoms with Crippen molar-refractivity contribution in [1.29, 1.82) is 0 Å². The molecule has 0 radical (unpaired) electrons. The average molecular weight is 276 g/mol. The van der Waals surface area contributed by atoms with Crippen LogP contribution in [0.25, 0.3) is 0 Å². The van der Waals surface area contributed by atoms with Crippen LogP contribution >= 0.6 is 12.2 Å². The first-order valence-electron chi connectivity index (χ1n) is 5.50. The fraction of sp³-hybridized carbons (Fsp3) is 0.0769. The quantitative estimate of drug-likeness (QED) is 0.819. The van der Waals surface area contributed by atoms with Crippen molar-refractivity contribution in [3.8, 4) is 5.75 Å². The van der Waals surface area contributed by atoms with Crippen LogP contribution in [-0.2, 0) is 0 Å². The van der Waals surface area contributed by atoms with Gasteiger partial charge in [0.2, 0.25) is 0 Å². The largest absolute Gasteiger partial charge is 0.486 e. The molecule has 0 bridgehead atoms. The number of anilines is 1. The number of amides is 1. The normalized spacial score (nSPS) is 9.89. The number of rotatable bonds is 5. The van der Waals surface area contributed by atoms with Gasteiger partial charge in [-0.1, -0.05) is 18.3 Å². The van der Waals surface area contributed by atoms with Crippen molar-refractivity contribution >= 4 is 28.8 Å². The van der Waals surface area contributed by atoms with E-state index in [-0.39, 0.29) is 17.5 Å². The van der Waals surface area contributed by atoms with Crippen LogP contribution in [0.15, 0.2) is 47.3 Å². The zero-order chi connectivity index (χ0) is 13.7. The van der Waals surface area contributed by atoms with Crippen LogP contribution in [0.5, 0.6) is 5.75 Å². The summed E-state index contributed by atoms with van der Waals surface area (Å²) >= 11 is 4.72. The average Bonchev–Trinajstić information content (AvgIpc) is 2.91. The maximum absolute atomic E-state index is 11.8. The van der Waals surface area contributed by atoms with E-state index < -0.39 is 0 Å². The highest BCUT2D eigenvalue weighted by Gasteiger charge is 2.07. The number of carbonyl (C=O) groups is 1. The Morgan fingerprint density at radius 3 is 2.95 bits per heavy atom. The number of hydrogen-bond acceptors (Lipinski definition) is 4. The maximum Gasteiger partial charge on any atom is 0.258 e. The van der Waals surface area contributed by atoms with E-state index in [1.807, 2.05) is 0 Å². The number of carbonyl (C=O) groups excluding carboxylic acids is 1. The number of thiocarbonyl (C=S) groups is 1. The third-order valence-corrected chi connectivity index (χ3v) is 2.37. The number of nitrogens with two attached hydrogens (primary N) is 1. The Labute approximate surface area is 115 Å². The molecule has 0 aliphatic carbocycles. The predicted octanol–water partition coefficient (Wildman–Crippen LogP) is 2.20. The van der Waals surface area contributed by atoms with Crippen LogP contribution in [-0.4, -0.2) is 17.5 Å². The summed E-state index contributed by atoms with van der Waals surface area (Å²) in [6.45, 7) is 0.161. The minimum atomic E-state index is -0.250. The van der Waals surface area contributed by atoms with Crippen molar-refractivity contribution < 1.29 is 13.9 Å². The fourth-order valence-corrected chi connectivity index (χ4v) is 1.47. The number of hydrogen-bond donors (Lipinski definition) is 2. The molecule has 0 aliphatic rings. The minimum absolute atomic E-state index is 0.161. The second kappa shape index (κ2) is 6.01. The van der Waals surface area contributed by atoms with Gasteiger partial charge in [-0.3, -0.25) is 4.79 Å². The van der Waals surface area contributed by atoms with Crippen LogP contribution in [0, 0.1) is 0 Å². The molecule has 19 heavy (non-hydrogen) atoms. The highest BCUT2D eigenvalue weighted by molar-refractivity contribution is 7.80. The van der Waals surface area contributed by atoms with Crippen LogP contribution in [0.2, 0.25) is 0 Å². The van der Waals surface area contributed by atoms with Crippen LogP contribution in [0.1, 0.15) is 10.4 Å². The Balaban J connectivity index is 2.02. The molecule has 2 rings (SSSR count). The molecular weight excluding hydrogens is 264 g/mol. The topological polar surface area (TPSA) is 77.5 Å². The van der Waals surface area contributed by atoms with Gasteiger partial charge in [-0.25, -0.2) is 0 Å². The molecule has 0 spiro atoms. The third-order valence-electron chi connectivity index (χ3n) is 2.26. The maximum atomic E-state index is 11.8. The third kappa shape index (κ3) is 3.82. The number of ether oxygens (including phenoxy) is 1. The van der Waals surface area contributed by atoms with Crippen molar-refractivity contribution in [2.45, 2.75) is 0 Å². The molecule has 1 aromatic heterocycles. The Morgan fingerprint density at radius 2 is 2.26 bits per heavy atom. The predicted molar refractivity (Wildman–Crippen MR) is 75.4 cm³/mol. The van der Waals surface area contributed by atoms with E-state index in [2.05, 4.69) is 5.32 Å². The Hall–Kier alpha value is -2.34. The van der Waals surface area contributed by atoms with Gasteiger partial charge in [-0.15, -0.1) is 0 Å². The molecule has 2 aromatic rings. The zero-order valence-electron chi connectivity index (χ0n) is 9.96. The number of nitrogens with one attached hydrogen (secondary N) is 1. The number of benzene rings is 1. The first-order valence-corrected chi connectivity index (χ1v) is 5.90. The second-order valence-corrected chi connectivity index (χ2v) is 4.27. The molecule has 6 heteroatoms. The number of furan rings is 1. The summed E-state index contributed by atoms with van der Waals surface area (Å²) in [6, 6.07) is 8.55. The summed E-state index contributed by atoms with van der Waals surface area (Å²) in [7, 11) is 0. The van der Waals surface area contributed by atoms with Gasteiger partial charge in [0, 0.05) is 11.8 Å². The van der Waals surface area contributed by atoms with Crippen molar-refractivity contribution in [3.63, 3.8) is 0 Å². The lowest BCUT2D eigenvalue weighted by Crippen LogP contribution is -2.18. The highest BCUT2D eigenvalue weighted by Crippen LogP contribution is 2.18. The van der Waals surface area contributed by atoms with E-state index in [0.717, 1.165) is 0 Å². The Kier molecular flexibility index (Phi) is 4.15. The Bertz CT molecular complexity index is 581. The molecule has 1 amide bonds. The van der Waals surface area contributed by atoms with E-state index >= 15 is 0 Å². The molecule has 1 aromatic carbocycles. The molecule has 0 saturated heterocycles. The van der Waals surface area contributed by atoms with E-state index in [0.29, 0.717) is 17.0 Å². The van der Waals surface area contributed by atoms with Gasteiger partial charge >= 0.3 is 0 Å². The molecule has 0 fully saturated rings. The summed E-state index contributed by atoms with van der Waals surface area (Å²) in [5.74, 6) is 0.332. The lowest BCUT2D eigenvalue weighted by molar-refractivity contribution is 0.102. The lowest BCUT2D eigenvalue weighted by atomic mass is 10.2. The van der Waals surface area contributed by atoms with Gasteiger partial charge in [0.15, 0.2) is 0 Å². The van der Waals surface area contributed by atoms with Crippen molar-refractivity contribution in [1.82, 2.24) is 0 Å². The van der Waals surface area contributed by atoms with Crippen molar-refractivity contribution in [2.75, 3.05) is 11.9 Å². The van der Waals surface area contributed by atoms with Crippen LogP contribution in [0.4, 0.5) is 5.69 Å². The zero-order valence-corrected chi connectivity index (χ0v) is 10.8. The molecule has 98 valence electrons. The molecule has 0 saturated carbocycles. The monoisotopic (exact) mass is 276 g/mol. The summed E-state index contributed by atoms with van der Waals surface area (Å²) in [5, 5.41) is 2.73. The first kappa shape index (κ1) is 13.1. The van der Waals surface area contributed by atoms with Crippen LogP contribution < -0.4 is 15.8 Å². The van der Waals surface area contributed by atoms with Crippen molar-refractivity contribution in [3.05, 3.63) is 48.4 Å². The molecule has 5 nitrogen and oxygen atoms in total. The van der Waals surface area contributed by atoms with Gasteiger partial charge in [-0.05, 0) is 18.2 Å². The van der Waals surface area contributed by atoms with Gasteiger partial charge in [0.05, 0.1) is 11.8 Å². The minimum Gasteiger partial charge on any atom is -0.486 e. The van der Waals surface area contributed by atoms with E-state index in [9.17, 15) is 4.79 Å². The smallest absolute Gasteiger partial charge is 0.258 e. The highest BCUT2D eigenvalue weighted by atomic mass is 32.1.